The third-order valence-corrected chi connectivity index (χ3v) is 4.33. The summed E-state index contributed by atoms with van der Waals surface area (Å²) in [6.07, 6.45) is 2.23. The lowest BCUT2D eigenvalue weighted by atomic mass is 10.0. The molecule has 0 N–H and O–H groups in total. The van der Waals surface area contributed by atoms with Gasteiger partial charge < -0.3 is 4.74 Å². The molecular weight excluding hydrogens is 270 g/mol. The summed E-state index contributed by atoms with van der Waals surface area (Å²) in [5, 5.41) is 2.05. The maximum absolute atomic E-state index is 12.1. The average Bonchev–Trinajstić information content (AvgIpc) is 3.13. The summed E-state index contributed by atoms with van der Waals surface area (Å²) < 4.78 is 5.16. The maximum atomic E-state index is 12.1. The quantitative estimate of drug-likeness (QED) is 0.792. The van der Waals surface area contributed by atoms with E-state index < -0.39 is 0 Å². The van der Waals surface area contributed by atoms with E-state index in [9.17, 15) is 4.79 Å². The fourth-order valence-electron chi connectivity index (χ4n) is 2.33. The molecule has 20 heavy (non-hydrogen) atoms. The molecule has 1 saturated carbocycles. The van der Waals surface area contributed by atoms with Gasteiger partial charge in [0.1, 0.15) is 0 Å². The number of rotatable bonds is 4. The van der Waals surface area contributed by atoms with Gasteiger partial charge in [-0.1, -0.05) is 6.07 Å². The highest BCUT2D eigenvalue weighted by Crippen LogP contribution is 2.42. The van der Waals surface area contributed by atoms with Gasteiger partial charge in [0.25, 0.3) is 0 Å². The molecule has 0 aliphatic heterocycles. The molecule has 1 fully saturated rings. The first-order valence-corrected chi connectivity index (χ1v) is 7.81. The summed E-state index contributed by atoms with van der Waals surface area (Å²) in [6.45, 7) is 4.23. The van der Waals surface area contributed by atoms with Crippen LogP contribution in [0.5, 0.6) is 0 Å². The van der Waals surface area contributed by atoms with Gasteiger partial charge in [-0.25, -0.2) is 4.79 Å². The monoisotopic (exact) mass is 287 g/mol. The van der Waals surface area contributed by atoms with Crippen LogP contribution < -0.4 is 0 Å². The fraction of sp³-hybridized carbons (Fsp3) is 0.375. The fourth-order valence-corrected chi connectivity index (χ4v) is 3.11. The maximum Gasteiger partial charge on any atom is 0.339 e. The number of carbonyl (C=O) groups is 1. The van der Waals surface area contributed by atoms with Gasteiger partial charge in [0.2, 0.25) is 0 Å². The van der Waals surface area contributed by atoms with Crippen molar-refractivity contribution in [3.8, 4) is 10.6 Å². The van der Waals surface area contributed by atoms with Crippen molar-refractivity contribution in [1.82, 2.24) is 4.98 Å². The molecule has 0 unspecified atom stereocenters. The number of aromatic nitrogens is 1. The Morgan fingerprint density at radius 2 is 2.30 bits per heavy atom. The highest BCUT2D eigenvalue weighted by Gasteiger charge is 2.31. The third-order valence-electron chi connectivity index (χ3n) is 3.46. The van der Waals surface area contributed by atoms with Gasteiger partial charge in [0.15, 0.2) is 0 Å². The highest BCUT2D eigenvalue weighted by atomic mass is 32.1. The van der Waals surface area contributed by atoms with Crippen molar-refractivity contribution in [2.75, 3.05) is 6.61 Å². The number of aryl methyl sites for hydroxylation is 1. The van der Waals surface area contributed by atoms with Crippen LogP contribution >= 0.6 is 11.3 Å². The molecule has 3 rings (SSSR count). The molecule has 2 heterocycles. The number of carbonyl (C=O) groups excluding carboxylic acids is 1. The van der Waals surface area contributed by atoms with Crippen molar-refractivity contribution in [2.24, 2.45) is 0 Å². The number of nitrogens with zero attached hydrogens (tertiary/aromatic N) is 1. The molecule has 104 valence electrons. The van der Waals surface area contributed by atoms with E-state index in [0.29, 0.717) is 18.1 Å². The van der Waals surface area contributed by atoms with Crippen LogP contribution in [0.1, 0.15) is 47.3 Å². The van der Waals surface area contributed by atoms with Gasteiger partial charge in [-0.3, -0.25) is 4.98 Å². The minimum atomic E-state index is -0.247. The summed E-state index contributed by atoms with van der Waals surface area (Å²) in [6, 6.07) is 6.03. The lowest BCUT2D eigenvalue weighted by molar-refractivity contribution is 0.0524. The van der Waals surface area contributed by atoms with Crippen molar-refractivity contribution in [1.29, 1.82) is 0 Å². The number of thiophene rings is 1. The summed E-state index contributed by atoms with van der Waals surface area (Å²) >= 11 is 1.68. The van der Waals surface area contributed by atoms with Gasteiger partial charge in [-0.15, -0.1) is 11.3 Å². The molecule has 0 saturated heterocycles. The summed E-state index contributed by atoms with van der Waals surface area (Å²) in [5.74, 6) is 0.177. The largest absolute Gasteiger partial charge is 0.462 e. The van der Waals surface area contributed by atoms with Crippen molar-refractivity contribution in [2.45, 2.75) is 32.6 Å². The third kappa shape index (κ3) is 2.48. The van der Waals surface area contributed by atoms with Gasteiger partial charge in [0, 0.05) is 5.92 Å². The van der Waals surface area contributed by atoms with Gasteiger partial charge in [0.05, 0.1) is 28.4 Å². The van der Waals surface area contributed by atoms with Crippen LogP contribution in [0.4, 0.5) is 0 Å². The molecule has 3 nitrogen and oxygen atoms in total. The van der Waals surface area contributed by atoms with Crippen molar-refractivity contribution < 1.29 is 9.53 Å². The van der Waals surface area contributed by atoms with Crippen LogP contribution in [0.25, 0.3) is 10.6 Å². The second kappa shape index (κ2) is 5.37. The number of ether oxygens (including phenoxy) is 1. The highest BCUT2D eigenvalue weighted by molar-refractivity contribution is 7.13. The van der Waals surface area contributed by atoms with Crippen LogP contribution in [-0.4, -0.2) is 17.6 Å². The van der Waals surface area contributed by atoms with Crippen molar-refractivity contribution in [3.05, 3.63) is 40.4 Å². The van der Waals surface area contributed by atoms with E-state index in [1.807, 2.05) is 31.4 Å². The molecule has 0 radical (unpaired) electrons. The van der Waals surface area contributed by atoms with E-state index in [2.05, 4.69) is 6.07 Å². The summed E-state index contributed by atoms with van der Waals surface area (Å²) in [5.41, 5.74) is 3.58. The Balaban J connectivity index is 2.08. The lowest BCUT2D eigenvalue weighted by Gasteiger charge is -2.11. The number of esters is 1. The minimum absolute atomic E-state index is 0.247. The molecule has 0 bridgehead atoms. The van der Waals surface area contributed by atoms with Gasteiger partial charge in [-0.05, 0) is 49.8 Å². The van der Waals surface area contributed by atoms with E-state index in [1.165, 1.54) is 0 Å². The molecule has 0 amide bonds. The average molecular weight is 287 g/mol. The van der Waals surface area contributed by atoms with E-state index in [0.717, 1.165) is 34.7 Å². The van der Waals surface area contributed by atoms with Gasteiger partial charge >= 0.3 is 5.97 Å². The molecule has 0 aromatic carbocycles. The summed E-state index contributed by atoms with van der Waals surface area (Å²) in [4.78, 5) is 18.0. The second-order valence-electron chi connectivity index (χ2n) is 5.06. The zero-order valence-corrected chi connectivity index (χ0v) is 12.5. The number of hydrogen-bond acceptors (Lipinski definition) is 4. The molecule has 0 spiro atoms. The first kappa shape index (κ1) is 13.3. The number of pyridine rings is 1. The van der Waals surface area contributed by atoms with Crippen LogP contribution in [-0.2, 0) is 4.74 Å². The molecule has 1 aliphatic carbocycles. The predicted molar refractivity (Wildman–Crippen MR) is 80.2 cm³/mol. The van der Waals surface area contributed by atoms with Crippen LogP contribution in [0.2, 0.25) is 0 Å². The smallest absolute Gasteiger partial charge is 0.339 e. The Morgan fingerprint density at radius 3 is 2.90 bits per heavy atom. The minimum Gasteiger partial charge on any atom is -0.462 e. The Kier molecular flexibility index (Phi) is 3.57. The van der Waals surface area contributed by atoms with E-state index in [1.54, 1.807) is 11.3 Å². The predicted octanol–water partition coefficient (Wildman–Crippen LogP) is 4.17. The molecule has 2 aromatic rings. The Morgan fingerprint density at radius 1 is 1.50 bits per heavy atom. The van der Waals surface area contributed by atoms with Crippen molar-refractivity contribution >= 4 is 17.3 Å². The molecule has 2 aromatic heterocycles. The molecular formula is C16H17NO2S. The first-order valence-electron chi connectivity index (χ1n) is 6.93. The van der Waals surface area contributed by atoms with Crippen LogP contribution in [0.15, 0.2) is 23.6 Å². The topological polar surface area (TPSA) is 39.2 Å². The standard InChI is InChI=1S/C16H17NO2S/c1-3-19-16(18)12-9-10(2)14(13-5-4-8-20-13)17-15(12)11-6-7-11/h4-5,8-9,11H,3,6-7H2,1-2H3. The Hall–Kier alpha value is -1.68. The first-order chi connectivity index (χ1) is 9.70. The van der Waals surface area contributed by atoms with Crippen molar-refractivity contribution in [3.63, 3.8) is 0 Å². The molecule has 1 aliphatic rings. The zero-order chi connectivity index (χ0) is 14.1. The van der Waals surface area contributed by atoms with Crippen LogP contribution in [0, 0.1) is 6.92 Å². The molecule has 4 heteroatoms. The second-order valence-corrected chi connectivity index (χ2v) is 6.01. The van der Waals surface area contributed by atoms with Gasteiger partial charge in [-0.2, -0.15) is 0 Å². The zero-order valence-electron chi connectivity index (χ0n) is 11.7. The Labute approximate surface area is 122 Å². The Bertz CT molecular complexity index is 630. The number of hydrogen-bond donors (Lipinski definition) is 0. The SMILES string of the molecule is CCOC(=O)c1cc(C)c(-c2cccs2)nc1C1CC1. The van der Waals surface area contributed by atoms with Crippen LogP contribution in [0.3, 0.4) is 0 Å². The summed E-state index contributed by atoms with van der Waals surface area (Å²) in [7, 11) is 0. The molecule has 0 atom stereocenters. The van der Waals surface area contributed by atoms with E-state index in [4.69, 9.17) is 9.72 Å². The van der Waals surface area contributed by atoms with E-state index >= 15 is 0 Å². The van der Waals surface area contributed by atoms with E-state index in [-0.39, 0.29) is 5.97 Å². The lowest BCUT2D eigenvalue weighted by Crippen LogP contribution is -2.10. The normalized spacial score (nSPS) is 14.3.